The predicted molar refractivity (Wildman–Crippen MR) is 73.5 cm³/mol. The van der Waals surface area contributed by atoms with E-state index in [0.717, 1.165) is 24.0 Å². The van der Waals surface area contributed by atoms with Crippen LogP contribution < -0.4 is 5.32 Å². The van der Waals surface area contributed by atoms with Gasteiger partial charge in [-0.3, -0.25) is 4.79 Å². The Labute approximate surface area is 113 Å². The molecule has 3 rings (SSSR count). The Morgan fingerprint density at radius 2 is 2.21 bits per heavy atom. The molecule has 0 aliphatic heterocycles. The van der Waals surface area contributed by atoms with Crippen molar-refractivity contribution in [3.63, 3.8) is 0 Å². The van der Waals surface area contributed by atoms with Gasteiger partial charge in [0.25, 0.3) is 0 Å². The first-order valence-corrected chi connectivity index (χ1v) is 6.96. The van der Waals surface area contributed by atoms with E-state index in [0.29, 0.717) is 18.8 Å². The number of amides is 1. The monoisotopic (exact) mass is 257 g/mol. The molecule has 100 valence electrons. The molecule has 2 aliphatic rings. The Bertz CT molecular complexity index is 509. The summed E-state index contributed by atoms with van der Waals surface area (Å²) in [5.74, 6) is 0.408. The van der Waals surface area contributed by atoms with Crippen LogP contribution >= 0.6 is 0 Å². The van der Waals surface area contributed by atoms with Gasteiger partial charge in [-0.05, 0) is 29.9 Å². The van der Waals surface area contributed by atoms with E-state index in [1.54, 1.807) is 0 Å². The van der Waals surface area contributed by atoms with Gasteiger partial charge in [0, 0.05) is 12.8 Å². The van der Waals surface area contributed by atoms with E-state index in [9.17, 15) is 9.90 Å². The molecule has 3 nitrogen and oxygen atoms in total. The number of carbonyl (C=O) groups excluding carboxylic acids is 1. The van der Waals surface area contributed by atoms with Gasteiger partial charge < -0.3 is 10.4 Å². The molecular weight excluding hydrogens is 238 g/mol. The second kappa shape index (κ2) is 5.17. The third-order valence-corrected chi connectivity index (χ3v) is 4.08. The number of allylic oxidation sites excluding steroid dienone is 2. The molecule has 3 heteroatoms. The van der Waals surface area contributed by atoms with Crippen LogP contribution in [0.4, 0.5) is 0 Å². The van der Waals surface area contributed by atoms with E-state index in [1.807, 2.05) is 24.3 Å². The highest BCUT2D eigenvalue weighted by Gasteiger charge is 2.32. The third-order valence-electron chi connectivity index (χ3n) is 4.08. The van der Waals surface area contributed by atoms with Gasteiger partial charge in [-0.2, -0.15) is 0 Å². The lowest BCUT2D eigenvalue weighted by Crippen LogP contribution is -2.34. The van der Waals surface area contributed by atoms with Crippen LogP contribution in [-0.4, -0.2) is 17.1 Å². The number of hydrogen-bond donors (Lipinski definition) is 2. The molecule has 2 N–H and O–H groups in total. The molecule has 0 fully saturated rings. The Kier molecular flexibility index (Phi) is 3.38. The van der Waals surface area contributed by atoms with Gasteiger partial charge in [-0.25, -0.2) is 0 Å². The Balaban J connectivity index is 1.66. The number of carbonyl (C=O) groups is 1. The molecule has 19 heavy (non-hydrogen) atoms. The summed E-state index contributed by atoms with van der Waals surface area (Å²) in [6, 6.07) is 7.69. The zero-order valence-electron chi connectivity index (χ0n) is 10.9. The summed E-state index contributed by atoms with van der Waals surface area (Å²) in [4.78, 5) is 12.1. The predicted octanol–water partition coefficient (Wildman–Crippen LogP) is 2.12. The van der Waals surface area contributed by atoms with Crippen LogP contribution in [0.15, 0.2) is 36.4 Å². The zero-order valence-corrected chi connectivity index (χ0v) is 10.9. The number of benzene rings is 1. The zero-order chi connectivity index (χ0) is 13.2. The Morgan fingerprint density at radius 3 is 3.00 bits per heavy atom. The highest BCUT2D eigenvalue weighted by Crippen LogP contribution is 2.31. The standard InChI is InChI=1S/C16H19NO2/c18-14-10-12-7-3-4-8-13(12)16(14)17-15(19)9-11-5-1-2-6-11/h1,3-5,7-8,11,14,16,18H,2,6,9-10H2,(H,17,19)/t11?,14-,16+/m1/s1. The first kappa shape index (κ1) is 12.4. The Morgan fingerprint density at radius 1 is 1.37 bits per heavy atom. The lowest BCUT2D eigenvalue weighted by Gasteiger charge is -2.19. The molecule has 1 aromatic carbocycles. The van der Waals surface area contributed by atoms with Gasteiger partial charge in [0.05, 0.1) is 12.1 Å². The van der Waals surface area contributed by atoms with E-state index in [1.165, 1.54) is 0 Å². The number of aliphatic hydroxyl groups excluding tert-OH is 1. The van der Waals surface area contributed by atoms with Crippen molar-refractivity contribution in [2.45, 2.75) is 37.8 Å². The smallest absolute Gasteiger partial charge is 0.221 e. The largest absolute Gasteiger partial charge is 0.390 e. The minimum Gasteiger partial charge on any atom is -0.390 e. The van der Waals surface area contributed by atoms with Crippen molar-refractivity contribution in [2.24, 2.45) is 5.92 Å². The SMILES string of the molecule is O=C(CC1C=CCC1)N[C@H]1c2ccccc2C[C@H]1O. The Hall–Kier alpha value is -1.61. The minimum absolute atomic E-state index is 0.0392. The van der Waals surface area contributed by atoms with Crippen molar-refractivity contribution in [2.75, 3.05) is 0 Å². The normalized spacial score (nSPS) is 28.4. The van der Waals surface area contributed by atoms with Gasteiger partial charge in [0.1, 0.15) is 0 Å². The summed E-state index contributed by atoms with van der Waals surface area (Å²) >= 11 is 0. The van der Waals surface area contributed by atoms with Crippen LogP contribution in [0.5, 0.6) is 0 Å². The van der Waals surface area contributed by atoms with Gasteiger partial charge in [0.15, 0.2) is 0 Å². The summed E-state index contributed by atoms with van der Waals surface area (Å²) in [5, 5.41) is 13.1. The fourth-order valence-electron chi connectivity index (χ4n) is 3.08. The maximum absolute atomic E-state index is 12.1. The van der Waals surface area contributed by atoms with Crippen molar-refractivity contribution in [1.82, 2.24) is 5.32 Å². The minimum atomic E-state index is -0.500. The van der Waals surface area contributed by atoms with Gasteiger partial charge in [0.2, 0.25) is 5.91 Å². The van der Waals surface area contributed by atoms with Crippen molar-refractivity contribution >= 4 is 5.91 Å². The average Bonchev–Trinajstić information content (AvgIpc) is 2.99. The van der Waals surface area contributed by atoms with Crippen LogP contribution in [0.25, 0.3) is 0 Å². The van der Waals surface area contributed by atoms with Crippen molar-refractivity contribution in [3.05, 3.63) is 47.5 Å². The van der Waals surface area contributed by atoms with Crippen LogP contribution in [0, 0.1) is 5.92 Å². The topological polar surface area (TPSA) is 49.3 Å². The number of rotatable bonds is 3. The fourth-order valence-corrected chi connectivity index (χ4v) is 3.08. The van der Waals surface area contributed by atoms with E-state index < -0.39 is 6.10 Å². The second-order valence-corrected chi connectivity index (χ2v) is 5.49. The molecule has 0 saturated carbocycles. The molecule has 1 amide bonds. The first-order chi connectivity index (χ1) is 9.24. The molecule has 3 atom stereocenters. The molecule has 1 aromatic rings. The first-order valence-electron chi connectivity index (χ1n) is 6.96. The summed E-state index contributed by atoms with van der Waals surface area (Å²) in [5.41, 5.74) is 2.20. The lowest BCUT2D eigenvalue weighted by atomic mass is 10.0. The quantitative estimate of drug-likeness (QED) is 0.815. The van der Waals surface area contributed by atoms with E-state index in [-0.39, 0.29) is 11.9 Å². The van der Waals surface area contributed by atoms with Crippen LogP contribution in [-0.2, 0) is 11.2 Å². The van der Waals surface area contributed by atoms with E-state index in [2.05, 4.69) is 17.5 Å². The lowest BCUT2D eigenvalue weighted by molar-refractivity contribution is -0.123. The summed E-state index contributed by atoms with van der Waals surface area (Å²) in [6.07, 6.45) is 7.06. The summed E-state index contributed by atoms with van der Waals surface area (Å²) < 4.78 is 0. The van der Waals surface area contributed by atoms with Crippen molar-refractivity contribution < 1.29 is 9.90 Å². The number of nitrogens with one attached hydrogen (secondary N) is 1. The van der Waals surface area contributed by atoms with E-state index >= 15 is 0 Å². The van der Waals surface area contributed by atoms with Gasteiger partial charge >= 0.3 is 0 Å². The molecule has 0 spiro atoms. The molecule has 0 bridgehead atoms. The molecule has 0 radical (unpaired) electrons. The van der Waals surface area contributed by atoms with Crippen molar-refractivity contribution in [1.29, 1.82) is 0 Å². The van der Waals surface area contributed by atoms with Gasteiger partial charge in [-0.15, -0.1) is 0 Å². The summed E-state index contributed by atoms with van der Waals surface area (Å²) in [6.45, 7) is 0. The highest BCUT2D eigenvalue weighted by molar-refractivity contribution is 5.77. The molecular formula is C16H19NO2. The molecule has 0 saturated heterocycles. The highest BCUT2D eigenvalue weighted by atomic mass is 16.3. The number of hydrogen-bond acceptors (Lipinski definition) is 2. The third kappa shape index (κ3) is 2.56. The number of fused-ring (bicyclic) bond motifs is 1. The fraction of sp³-hybridized carbons (Fsp3) is 0.438. The molecule has 0 aromatic heterocycles. The van der Waals surface area contributed by atoms with E-state index in [4.69, 9.17) is 0 Å². The van der Waals surface area contributed by atoms with Crippen LogP contribution in [0.1, 0.15) is 36.4 Å². The van der Waals surface area contributed by atoms with Gasteiger partial charge in [-0.1, -0.05) is 36.4 Å². The number of aliphatic hydroxyl groups is 1. The molecule has 0 heterocycles. The maximum atomic E-state index is 12.1. The van der Waals surface area contributed by atoms with Crippen LogP contribution in [0.3, 0.4) is 0 Å². The molecule has 2 aliphatic carbocycles. The second-order valence-electron chi connectivity index (χ2n) is 5.49. The molecule has 1 unspecified atom stereocenters. The average molecular weight is 257 g/mol. The summed E-state index contributed by atoms with van der Waals surface area (Å²) in [7, 11) is 0. The van der Waals surface area contributed by atoms with Crippen molar-refractivity contribution in [3.8, 4) is 0 Å². The van der Waals surface area contributed by atoms with Crippen LogP contribution in [0.2, 0.25) is 0 Å². The maximum Gasteiger partial charge on any atom is 0.221 e.